The molecule has 1 heterocycles. The molecule has 0 saturated heterocycles. The first kappa shape index (κ1) is 12.1. The maximum Gasteiger partial charge on any atom is 0.0832 e. The summed E-state index contributed by atoms with van der Waals surface area (Å²) in [6.07, 6.45) is 4.39. The summed E-state index contributed by atoms with van der Waals surface area (Å²) < 4.78 is 2.03. The van der Waals surface area contributed by atoms with Gasteiger partial charge in [-0.3, -0.25) is 0 Å². The van der Waals surface area contributed by atoms with Crippen LogP contribution in [0.15, 0.2) is 30.5 Å². The standard InChI is InChI=1S/C14H13Cl2NO/c15-10-3-1-5-12(14(10)16)17-8-7-9-11(17)4-2-6-13(9)18/h1,3,5,7-8,13,18H,2,4,6H2. The molecule has 1 aromatic carbocycles. The van der Waals surface area contributed by atoms with Crippen LogP contribution in [0.2, 0.25) is 10.0 Å². The van der Waals surface area contributed by atoms with Crippen LogP contribution in [0, 0.1) is 0 Å². The van der Waals surface area contributed by atoms with Crippen molar-refractivity contribution in [1.29, 1.82) is 0 Å². The third-order valence-corrected chi connectivity index (χ3v) is 4.28. The Balaban J connectivity index is 2.16. The molecular weight excluding hydrogens is 269 g/mol. The van der Waals surface area contributed by atoms with Gasteiger partial charge in [-0.05, 0) is 37.5 Å². The lowest BCUT2D eigenvalue weighted by Crippen LogP contribution is -2.11. The monoisotopic (exact) mass is 281 g/mol. The fourth-order valence-corrected chi connectivity index (χ4v) is 2.96. The van der Waals surface area contributed by atoms with Crippen LogP contribution >= 0.6 is 23.2 Å². The van der Waals surface area contributed by atoms with E-state index in [4.69, 9.17) is 23.2 Å². The number of aliphatic hydroxyl groups is 1. The quantitative estimate of drug-likeness (QED) is 0.835. The zero-order valence-electron chi connectivity index (χ0n) is 9.74. The molecule has 0 spiro atoms. The van der Waals surface area contributed by atoms with E-state index in [9.17, 15) is 5.11 Å². The number of hydrogen-bond acceptors (Lipinski definition) is 1. The van der Waals surface area contributed by atoms with E-state index in [2.05, 4.69) is 0 Å². The third kappa shape index (κ3) is 1.85. The molecule has 2 nitrogen and oxygen atoms in total. The lowest BCUT2D eigenvalue weighted by atomic mass is 9.95. The van der Waals surface area contributed by atoms with Crippen molar-refractivity contribution in [2.75, 3.05) is 0 Å². The van der Waals surface area contributed by atoms with E-state index < -0.39 is 0 Å². The van der Waals surface area contributed by atoms with Crippen LogP contribution in [0.25, 0.3) is 5.69 Å². The highest BCUT2D eigenvalue weighted by molar-refractivity contribution is 6.43. The highest BCUT2D eigenvalue weighted by Gasteiger charge is 2.22. The van der Waals surface area contributed by atoms with Gasteiger partial charge in [0.1, 0.15) is 0 Å². The zero-order valence-corrected chi connectivity index (χ0v) is 11.2. The molecule has 4 heteroatoms. The molecule has 18 heavy (non-hydrogen) atoms. The Bertz CT molecular complexity index is 591. The third-order valence-electron chi connectivity index (χ3n) is 3.47. The van der Waals surface area contributed by atoms with E-state index in [0.717, 1.165) is 36.2 Å². The van der Waals surface area contributed by atoms with Crippen LogP contribution in [0.3, 0.4) is 0 Å². The van der Waals surface area contributed by atoms with Crippen molar-refractivity contribution < 1.29 is 5.11 Å². The minimum absolute atomic E-state index is 0.354. The first-order chi connectivity index (χ1) is 8.68. The highest BCUT2D eigenvalue weighted by atomic mass is 35.5. The molecule has 1 unspecified atom stereocenters. The summed E-state index contributed by atoms with van der Waals surface area (Å²) in [7, 11) is 0. The smallest absolute Gasteiger partial charge is 0.0832 e. The highest BCUT2D eigenvalue weighted by Crippen LogP contribution is 2.35. The summed E-state index contributed by atoms with van der Waals surface area (Å²) in [4.78, 5) is 0. The fraction of sp³-hybridized carbons (Fsp3) is 0.286. The average molecular weight is 282 g/mol. The lowest BCUT2D eigenvalue weighted by Gasteiger charge is -2.20. The molecule has 1 N–H and O–H groups in total. The molecule has 1 aliphatic carbocycles. The topological polar surface area (TPSA) is 25.2 Å². The Morgan fingerprint density at radius 2 is 2.06 bits per heavy atom. The van der Waals surface area contributed by atoms with Gasteiger partial charge in [-0.25, -0.2) is 0 Å². The van der Waals surface area contributed by atoms with Gasteiger partial charge in [0, 0.05) is 17.5 Å². The predicted molar refractivity (Wildman–Crippen MR) is 73.7 cm³/mol. The van der Waals surface area contributed by atoms with E-state index in [0.29, 0.717) is 10.0 Å². The molecule has 0 amide bonds. The van der Waals surface area contributed by atoms with Gasteiger partial charge < -0.3 is 9.67 Å². The summed E-state index contributed by atoms with van der Waals surface area (Å²) in [5.41, 5.74) is 3.02. The molecular formula is C14H13Cl2NO. The summed E-state index contributed by atoms with van der Waals surface area (Å²) in [5, 5.41) is 11.1. The van der Waals surface area contributed by atoms with Crippen molar-refractivity contribution in [3.05, 3.63) is 51.8 Å². The molecule has 0 aliphatic heterocycles. The van der Waals surface area contributed by atoms with E-state index in [1.54, 1.807) is 6.07 Å². The van der Waals surface area contributed by atoms with Gasteiger partial charge in [0.25, 0.3) is 0 Å². The number of rotatable bonds is 1. The van der Waals surface area contributed by atoms with Gasteiger partial charge in [0.15, 0.2) is 0 Å². The SMILES string of the molecule is OC1CCCc2c1ccn2-c1cccc(Cl)c1Cl. The molecule has 0 fully saturated rings. The largest absolute Gasteiger partial charge is 0.388 e. The lowest BCUT2D eigenvalue weighted by molar-refractivity contribution is 0.156. The minimum Gasteiger partial charge on any atom is -0.388 e. The second kappa shape index (κ2) is 4.61. The van der Waals surface area contributed by atoms with Crippen LogP contribution in [0.4, 0.5) is 0 Å². The summed E-state index contributed by atoms with van der Waals surface area (Å²) in [6, 6.07) is 7.57. The summed E-state index contributed by atoms with van der Waals surface area (Å²) in [5.74, 6) is 0. The Hall–Kier alpha value is -0.960. The van der Waals surface area contributed by atoms with Gasteiger partial charge in [-0.15, -0.1) is 0 Å². The Kier molecular flexibility index (Phi) is 3.10. The van der Waals surface area contributed by atoms with E-state index >= 15 is 0 Å². The normalized spacial score (nSPS) is 18.7. The summed E-state index contributed by atoms with van der Waals surface area (Å²) in [6.45, 7) is 0. The van der Waals surface area contributed by atoms with Gasteiger partial charge in [-0.2, -0.15) is 0 Å². The molecule has 1 aliphatic rings. The van der Waals surface area contributed by atoms with Crippen LogP contribution < -0.4 is 0 Å². The molecule has 0 bridgehead atoms. The molecule has 1 aromatic heterocycles. The maximum absolute atomic E-state index is 9.97. The van der Waals surface area contributed by atoms with E-state index in [1.165, 1.54) is 0 Å². The number of halogens is 2. The maximum atomic E-state index is 9.97. The van der Waals surface area contributed by atoms with Crippen molar-refractivity contribution in [3.8, 4) is 5.69 Å². The van der Waals surface area contributed by atoms with Crippen molar-refractivity contribution >= 4 is 23.2 Å². The van der Waals surface area contributed by atoms with Gasteiger partial charge >= 0.3 is 0 Å². The number of benzene rings is 1. The first-order valence-electron chi connectivity index (χ1n) is 6.01. The molecule has 1 atom stereocenters. The zero-order chi connectivity index (χ0) is 12.7. The molecule has 3 rings (SSSR count). The van der Waals surface area contributed by atoms with Gasteiger partial charge in [0.05, 0.1) is 21.8 Å². The average Bonchev–Trinajstić information content (AvgIpc) is 2.78. The molecule has 0 radical (unpaired) electrons. The van der Waals surface area contributed by atoms with Crippen molar-refractivity contribution in [2.24, 2.45) is 0 Å². The molecule has 0 saturated carbocycles. The number of aliphatic hydroxyl groups excluding tert-OH is 1. The van der Waals surface area contributed by atoms with E-state index in [1.807, 2.05) is 29.0 Å². The minimum atomic E-state index is -0.354. The van der Waals surface area contributed by atoms with Crippen LogP contribution in [0.5, 0.6) is 0 Å². The van der Waals surface area contributed by atoms with Crippen LogP contribution in [-0.2, 0) is 6.42 Å². The number of aromatic nitrogens is 1. The first-order valence-corrected chi connectivity index (χ1v) is 6.76. The summed E-state index contributed by atoms with van der Waals surface area (Å²) >= 11 is 12.3. The Morgan fingerprint density at radius 1 is 1.22 bits per heavy atom. The van der Waals surface area contributed by atoms with Gasteiger partial charge in [-0.1, -0.05) is 29.3 Å². The number of hydrogen-bond donors (Lipinski definition) is 1. The van der Waals surface area contributed by atoms with Crippen molar-refractivity contribution in [3.63, 3.8) is 0 Å². The molecule has 2 aromatic rings. The predicted octanol–water partition coefficient (Wildman–Crippen LogP) is 4.15. The van der Waals surface area contributed by atoms with Crippen LogP contribution in [0.1, 0.15) is 30.2 Å². The number of fused-ring (bicyclic) bond motifs is 1. The van der Waals surface area contributed by atoms with Crippen molar-refractivity contribution in [2.45, 2.75) is 25.4 Å². The number of nitrogens with zero attached hydrogens (tertiary/aromatic N) is 1. The second-order valence-electron chi connectivity index (χ2n) is 4.57. The molecule has 94 valence electrons. The van der Waals surface area contributed by atoms with E-state index in [-0.39, 0.29) is 6.10 Å². The van der Waals surface area contributed by atoms with Gasteiger partial charge in [0.2, 0.25) is 0 Å². The Morgan fingerprint density at radius 3 is 2.89 bits per heavy atom. The van der Waals surface area contributed by atoms with Crippen LogP contribution in [-0.4, -0.2) is 9.67 Å². The fourth-order valence-electron chi connectivity index (χ4n) is 2.57. The van der Waals surface area contributed by atoms with Crippen molar-refractivity contribution in [1.82, 2.24) is 4.57 Å². The Labute approximate surface area is 116 Å². The second-order valence-corrected chi connectivity index (χ2v) is 5.35.